The molecule has 0 saturated heterocycles. The van der Waals surface area contributed by atoms with Crippen LogP contribution in [0.5, 0.6) is 5.75 Å². The Labute approximate surface area is 180 Å². The van der Waals surface area contributed by atoms with E-state index in [4.69, 9.17) is 9.15 Å². The number of para-hydroxylation sites is 1. The molecule has 0 saturated carbocycles. The van der Waals surface area contributed by atoms with Crippen molar-refractivity contribution in [3.8, 4) is 5.75 Å². The number of furan rings is 1. The van der Waals surface area contributed by atoms with E-state index in [0.717, 1.165) is 17.4 Å². The van der Waals surface area contributed by atoms with Crippen molar-refractivity contribution in [3.05, 3.63) is 83.8 Å². The smallest absolute Gasteiger partial charge is 0.310 e. The number of benzene rings is 2. The van der Waals surface area contributed by atoms with Crippen molar-refractivity contribution >= 4 is 27.3 Å². The molecule has 0 radical (unpaired) electrons. The number of sulfonamides is 1. The van der Waals surface area contributed by atoms with Gasteiger partial charge >= 0.3 is 5.91 Å². The SMILES string of the molecule is COc1ccccc1C1CC(c2ccc(NS(C)(=O)=O)cc2)=NN1C(=O)c1ccco1. The molecule has 1 atom stereocenters. The molecule has 31 heavy (non-hydrogen) atoms. The maximum atomic E-state index is 13.1. The molecule has 1 aliphatic heterocycles. The van der Waals surface area contributed by atoms with Crippen molar-refractivity contribution in [2.24, 2.45) is 5.10 Å². The molecule has 1 aromatic heterocycles. The number of carbonyl (C=O) groups is 1. The lowest BCUT2D eigenvalue weighted by molar-refractivity contribution is 0.0677. The molecule has 0 fully saturated rings. The molecule has 1 unspecified atom stereocenters. The Balaban J connectivity index is 1.69. The molecule has 8 nitrogen and oxygen atoms in total. The van der Waals surface area contributed by atoms with Crippen LogP contribution in [0.3, 0.4) is 0 Å². The standard InChI is InChI=1S/C22H21N3O5S/c1-29-20-7-4-3-6-17(20)19-14-18(23-25(19)22(26)21-8-5-13-30-21)15-9-11-16(12-10-15)24-31(2,27)28/h3-13,19,24H,14H2,1-2H3. The van der Waals surface area contributed by atoms with E-state index < -0.39 is 10.0 Å². The molecular weight excluding hydrogens is 418 g/mol. The van der Waals surface area contributed by atoms with Crippen LogP contribution >= 0.6 is 0 Å². The largest absolute Gasteiger partial charge is 0.496 e. The van der Waals surface area contributed by atoms with Crippen LogP contribution in [0, 0.1) is 0 Å². The number of nitrogens with one attached hydrogen (secondary N) is 1. The lowest BCUT2D eigenvalue weighted by atomic mass is 9.97. The summed E-state index contributed by atoms with van der Waals surface area (Å²) in [5, 5.41) is 6.01. The first-order valence-electron chi connectivity index (χ1n) is 9.51. The summed E-state index contributed by atoms with van der Waals surface area (Å²) in [5.74, 6) is 0.498. The van der Waals surface area contributed by atoms with Gasteiger partial charge in [-0.15, -0.1) is 0 Å². The number of hydrogen-bond donors (Lipinski definition) is 1. The van der Waals surface area contributed by atoms with Crippen molar-refractivity contribution in [2.75, 3.05) is 18.1 Å². The summed E-state index contributed by atoms with van der Waals surface area (Å²) < 4.78 is 36.1. The van der Waals surface area contributed by atoms with Gasteiger partial charge in [-0.25, -0.2) is 13.4 Å². The molecule has 2 heterocycles. The summed E-state index contributed by atoms with van der Waals surface area (Å²) in [4.78, 5) is 13.1. The minimum absolute atomic E-state index is 0.192. The fraction of sp³-hybridized carbons (Fsp3) is 0.182. The second kappa shape index (κ2) is 8.27. The summed E-state index contributed by atoms with van der Waals surface area (Å²) in [6.07, 6.45) is 3.00. The molecule has 1 amide bonds. The average molecular weight is 439 g/mol. The van der Waals surface area contributed by atoms with Gasteiger partial charge in [0.15, 0.2) is 5.76 Å². The predicted molar refractivity (Wildman–Crippen MR) is 117 cm³/mol. The van der Waals surface area contributed by atoms with Gasteiger partial charge in [0.05, 0.1) is 31.4 Å². The van der Waals surface area contributed by atoms with Gasteiger partial charge in [0.25, 0.3) is 0 Å². The van der Waals surface area contributed by atoms with Crippen molar-refractivity contribution in [2.45, 2.75) is 12.5 Å². The van der Waals surface area contributed by atoms with Crippen LogP contribution in [0.4, 0.5) is 5.69 Å². The Morgan fingerprint density at radius 1 is 1.13 bits per heavy atom. The van der Waals surface area contributed by atoms with Crippen molar-refractivity contribution in [3.63, 3.8) is 0 Å². The molecule has 1 aliphatic rings. The first-order chi connectivity index (χ1) is 14.9. The average Bonchev–Trinajstić information content (AvgIpc) is 3.43. The van der Waals surface area contributed by atoms with Crippen LogP contribution in [0.25, 0.3) is 0 Å². The van der Waals surface area contributed by atoms with E-state index in [1.165, 1.54) is 11.3 Å². The zero-order valence-electron chi connectivity index (χ0n) is 17.0. The molecule has 2 aromatic carbocycles. The number of methoxy groups -OCH3 is 1. The Kier molecular flexibility index (Phi) is 5.51. The third-order valence-electron chi connectivity index (χ3n) is 4.87. The minimum atomic E-state index is -3.36. The lowest BCUT2D eigenvalue weighted by Crippen LogP contribution is -2.27. The van der Waals surface area contributed by atoms with Crippen molar-refractivity contribution < 1.29 is 22.4 Å². The number of anilines is 1. The van der Waals surface area contributed by atoms with E-state index in [9.17, 15) is 13.2 Å². The highest BCUT2D eigenvalue weighted by Gasteiger charge is 2.36. The van der Waals surface area contributed by atoms with Crippen LogP contribution in [0.15, 0.2) is 76.4 Å². The summed E-state index contributed by atoms with van der Waals surface area (Å²) in [7, 11) is -1.78. The minimum Gasteiger partial charge on any atom is -0.496 e. The number of rotatable bonds is 6. The third-order valence-corrected chi connectivity index (χ3v) is 5.48. The number of carbonyl (C=O) groups excluding carboxylic acids is 1. The van der Waals surface area contributed by atoms with Crippen molar-refractivity contribution in [1.29, 1.82) is 0 Å². The molecule has 160 valence electrons. The van der Waals surface area contributed by atoms with Crippen LogP contribution in [-0.2, 0) is 10.0 Å². The number of hydrogen-bond acceptors (Lipinski definition) is 6. The zero-order valence-corrected chi connectivity index (χ0v) is 17.8. The number of hydrazone groups is 1. The predicted octanol–water partition coefficient (Wildman–Crippen LogP) is 3.65. The van der Waals surface area contributed by atoms with Gasteiger partial charge in [-0.1, -0.05) is 30.3 Å². The van der Waals surface area contributed by atoms with E-state index in [0.29, 0.717) is 23.6 Å². The molecule has 0 spiro atoms. The quantitative estimate of drug-likeness (QED) is 0.632. The van der Waals surface area contributed by atoms with Crippen molar-refractivity contribution in [1.82, 2.24) is 5.01 Å². The fourth-order valence-corrected chi connectivity index (χ4v) is 4.08. The number of nitrogens with zero attached hydrogens (tertiary/aromatic N) is 2. The Morgan fingerprint density at radius 2 is 1.87 bits per heavy atom. The van der Waals surface area contributed by atoms with Gasteiger partial charge in [-0.05, 0) is 35.9 Å². The highest BCUT2D eigenvalue weighted by atomic mass is 32.2. The third kappa shape index (κ3) is 4.46. The molecule has 9 heteroatoms. The van der Waals surface area contributed by atoms with E-state index in [2.05, 4.69) is 9.82 Å². The van der Waals surface area contributed by atoms with Gasteiger partial charge in [-0.2, -0.15) is 5.10 Å². The Morgan fingerprint density at radius 3 is 2.52 bits per heavy atom. The number of amides is 1. The van der Waals surface area contributed by atoms with Crippen LogP contribution in [-0.4, -0.2) is 38.4 Å². The van der Waals surface area contributed by atoms with E-state index in [1.54, 1.807) is 43.5 Å². The number of ether oxygens (including phenoxy) is 1. The van der Waals surface area contributed by atoms with Crippen LogP contribution in [0.2, 0.25) is 0 Å². The van der Waals surface area contributed by atoms with Gasteiger partial charge in [0.1, 0.15) is 5.75 Å². The second-order valence-electron chi connectivity index (χ2n) is 7.09. The molecule has 4 rings (SSSR count). The van der Waals surface area contributed by atoms with Crippen LogP contribution < -0.4 is 9.46 Å². The molecular formula is C22H21N3O5S. The van der Waals surface area contributed by atoms with E-state index in [1.807, 2.05) is 24.3 Å². The van der Waals surface area contributed by atoms with Gasteiger partial charge in [-0.3, -0.25) is 9.52 Å². The highest BCUT2D eigenvalue weighted by molar-refractivity contribution is 7.92. The molecule has 0 aliphatic carbocycles. The first kappa shape index (κ1) is 20.7. The Bertz CT molecular complexity index is 1220. The summed E-state index contributed by atoms with van der Waals surface area (Å²) in [5.41, 5.74) is 2.77. The van der Waals surface area contributed by atoms with Gasteiger partial charge < -0.3 is 9.15 Å². The highest BCUT2D eigenvalue weighted by Crippen LogP contribution is 2.38. The fourth-order valence-electron chi connectivity index (χ4n) is 3.51. The van der Waals surface area contributed by atoms with Gasteiger partial charge in [0, 0.05) is 17.7 Å². The van der Waals surface area contributed by atoms with E-state index >= 15 is 0 Å². The summed E-state index contributed by atoms with van der Waals surface area (Å²) >= 11 is 0. The second-order valence-corrected chi connectivity index (χ2v) is 8.84. The van der Waals surface area contributed by atoms with Crippen LogP contribution in [0.1, 0.15) is 34.1 Å². The maximum Gasteiger partial charge on any atom is 0.310 e. The monoisotopic (exact) mass is 439 g/mol. The summed E-state index contributed by atoms with van der Waals surface area (Å²) in [6, 6.07) is 17.2. The molecule has 1 N–H and O–H groups in total. The Hall–Kier alpha value is -3.59. The van der Waals surface area contributed by atoms with Gasteiger partial charge in [0.2, 0.25) is 10.0 Å². The topological polar surface area (TPSA) is 101 Å². The molecule has 3 aromatic rings. The summed E-state index contributed by atoms with van der Waals surface area (Å²) in [6.45, 7) is 0. The van der Waals surface area contributed by atoms with E-state index in [-0.39, 0.29) is 17.7 Å². The lowest BCUT2D eigenvalue weighted by Gasteiger charge is -2.22. The maximum absolute atomic E-state index is 13.1. The zero-order chi connectivity index (χ0) is 22.0. The normalized spacial score (nSPS) is 16.1. The molecule has 0 bridgehead atoms. The first-order valence-corrected chi connectivity index (χ1v) is 11.4.